The first-order chi connectivity index (χ1) is 11.4. The number of hydrogen-bond acceptors (Lipinski definition) is 5. The summed E-state index contributed by atoms with van der Waals surface area (Å²) in [5.74, 6) is -1.48. The molecule has 0 spiro atoms. The van der Waals surface area contributed by atoms with Crippen molar-refractivity contribution in [3.63, 3.8) is 0 Å². The van der Waals surface area contributed by atoms with E-state index in [1.54, 1.807) is 0 Å². The van der Waals surface area contributed by atoms with Crippen molar-refractivity contribution in [1.29, 1.82) is 0 Å². The molecule has 1 fully saturated rings. The van der Waals surface area contributed by atoms with Crippen molar-refractivity contribution in [2.45, 2.75) is 12.5 Å². The van der Waals surface area contributed by atoms with Crippen LogP contribution in [0.3, 0.4) is 0 Å². The van der Waals surface area contributed by atoms with Gasteiger partial charge in [-0.25, -0.2) is 9.18 Å². The van der Waals surface area contributed by atoms with E-state index in [9.17, 15) is 14.0 Å². The van der Waals surface area contributed by atoms with Crippen LogP contribution in [0.25, 0.3) is 0 Å². The molecule has 5 N–H and O–H groups in total. The molecule has 1 aliphatic rings. The number of ether oxygens (including phenoxy) is 1. The fourth-order valence-electron chi connectivity index (χ4n) is 2.53. The van der Waals surface area contributed by atoms with Crippen LogP contribution in [0.2, 0.25) is 5.02 Å². The van der Waals surface area contributed by atoms with Gasteiger partial charge >= 0.3 is 6.09 Å². The Bertz CT molecular complexity index is 616. The molecule has 0 aromatic heterocycles. The molecule has 0 bridgehead atoms. The Morgan fingerprint density at radius 1 is 1.42 bits per heavy atom. The average Bonchev–Trinajstić information content (AvgIpc) is 2.55. The number of likely N-dealkylation sites (tertiary alicyclic amines) is 1. The number of piperidine rings is 1. The summed E-state index contributed by atoms with van der Waals surface area (Å²) in [7, 11) is 0. The van der Waals surface area contributed by atoms with Gasteiger partial charge in [-0.3, -0.25) is 4.79 Å². The second-order valence-corrected chi connectivity index (χ2v) is 6.03. The van der Waals surface area contributed by atoms with E-state index in [0.717, 1.165) is 6.07 Å². The molecule has 9 heteroatoms. The van der Waals surface area contributed by atoms with Gasteiger partial charge in [-0.2, -0.15) is 0 Å². The van der Waals surface area contributed by atoms with Gasteiger partial charge in [0, 0.05) is 31.4 Å². The predicted octanol–water partition coefficient (Wildman–Crippen LogP) is 1.16. The zero-order valence-corrected chi connectivity index (χ0v) is 13.8. The summed E-state index contributed by atoms with van der Waals surface area (Å²) in [5.41, 5.74) is 11.5. The minimum Gasteiger partial charge on any atom is -0.448 e. The summed E-state index contributed by atoms with van der Waals surface area (Å²) >= 11 is 5.61. The Kier molecular flexibility index (Phi) is 6.36. The van der Waals surface area contributed by atoms with E-state index in [4.69, 9.17) is 27.8 Å². The van der Waals surface area contributed by atoms with Crippen LogP contribution in [0.5, 0.6) is 0 Å². The van der Waals surface area contributed by atoms with Gasteiger partial charge < -0.3 is 26.4 Å². The summed E-state index contributed by atoms with van der Waals surface area (Å²) in [6.45, 7) is 0.810. The lowest BCUT2D eigenvalue weighted by Gasteiger charge is -2.34. The first-order valence-electron chi connectivity index (χ1n) is 7.54. The molecule has 0 saturated carbocycles. The highest BCUT2D eigenvalue weighted by molar-refractivity contribution is 6.30. The number of rotatable bonds is 4. The van der Waals surface area contributed by atoms with Gasteiger partial charge in [0.2, 0.25) is 5.91 Å². The second kappa shape index (κ2) is 8.27. The van der Waals surface area contributed by atoms with E-state index in [2.05, 4.69) is 5.32 Å². The Balaban J connectivity index is 1.99. The zero-order valence-electron chi connectivity index (χ0n) is 13.0. The lowest BCUT2D eigenvalue weighted by atomic mass is 9.94. The van der Waals surface area contributed by atoms with Gasteiger partial charge in [-0.1, -0.05) is 11.6 Å². The summed E-state index contributed by atoms with van der Waals surface area (Å²) in [4.78, 5) is 25.7. The summed E-state index contributed by atoms with van der Waals surface area (Å²) < 4.78 is 18.4. The predicted molar refractivity (Wildman–Crippen MR) is 88.1 cm³/mol. The molecule has 0 radical (unpaired) electrons. The highest BCUT2D eigenvalue weighted by Gasteiger charge is 2.33. The topological polar surface area (TPSA) is 111 Å². The number of hydrogen-bond donors (Lipinski definition) is 3. The number of amides is 2. The third kappa shape index (κ3) is 4.80. The number of nitrogens with one attached hydrogen (secondary N) is 1. The maximum atomic E-state index is 13.4. The highest BCUT2D eigenvalue weighted by Crippen LogP contribution is 2.22. The Morgan fingerprint density at radius 2 is 2.17 bits per heavy atom. The molecule has 132 valence electrons. The van der Waals surface area contributed by atoms with Crippen LogP contribution in [0, 0.1) is 11.7 Å². The van der Waals surface area contributed by atoms with Gasteiger partial charge in [0.25, 0.3) is 0 Å². The monoisotopic (exact) mass is 358 g/mol. The van der Waals surface area contributed by atoms with Gasteiger partial charge in [0.05, 0.1) is 10.9 Å². The van der Waals surface area contributed by atoms with Crippen LogP contribution in [-0.2, 0) is 9.53 Å². The minimum atomic E-state index is -0.623. The van der Waals surface area contributed by atoms with E-state index in [1.165, 1.54) is 17.0 Å². The summed E-state index contributed by atoms with van der Waals surface area (Å²) in [5, 5.41) is 2.58. The van der Waals surface area contributed by atoms with Crippen LogP contribution in [-0.4, -0.2) is 49.2 Å². The second-order valence-electron chi connectivity index (χ2n) is 5.62. The maximum Gasteiger partial charge on any atom is 0.409 e. The van der Waals surface area contributed by atoms with Crippen LogP contribution >= 0.6 is 11.6 Å². The molecule has 0 unspecified atom stereocenters. The van der Waals surface area contributed by atoms with E-state index < -0.39 is 17.8 Å². The van der Waals surface area contributed by atoms with Crippen molar-refractivity contribution < 1.29 is 18.7 Å². The standard InChI is InChI=1S/C15H20ClFN4O3/c16-12-2-1-11(6-13(12)17)20-14(22)9-5-10(19)8-21(7-9)15(23)24-4-3-18/h1-2,6,9-10H,3-5,7-8,18-19H2,(H,20,22)/t9-,10+/m0/s1. The Hall–Kier alpha value is -1.90. The largest absolute Gasteiger partial charge is 0.448 e. The lowest BCUT2D eigenvalue weighted by molar-refractivity contribution is -0.121. The van der Waals surface area contributed by atoms with Crippen molar-refractivity contribution in [2.75, 3.05) is 31.6 Å². The number of nitrogens with two attached hydrogens (primary N) is 2. The van der Waals surface area contributed by atoms with Crippen LogP contribution in [0.4, 0.5) is 14.9 Å². The first kappa shape index (κ1) is 18.4. The smallest absolute Gasteiger partial charge is 0.409 e. The fourth-order valence-corrected chi connectivity index (χ4v) is 2.65. The SMILES string of the molecule is NCCOC(=O)N1C[C@H](N)C[C@H](C(=O)Nc2ccc(Cl)c(F)c2)C1. The molecule has 0 aliphatic carbocycles. The summed E-state index contributed by atoms with van der Waals surface area (Å²) in [6.07, 6.45) is -0.131. The first-order valence-corrected chi connectivity index (χ1v) is 7.91. The van der Waals surface area contributed by atoms with Gasteiger partial charge in [0.15, 0.2) is 0 Å². The van der Waals surface area contributed by atoms with E-state index in [-0.39, 0.29) is 36.7 Å². The molecule has 2 rings (SSSR count). The highest BCUT2D eigenvalue weighted by atomic mass is 35.5. The van der Waals surface area contributed by atoms with Gasteiger partial charge in [0.1, 0.15) is 12.4 Å². The quantitative estimate of drug-likeness (QED) is 0.748. The van der Waals surface area contributed by atoms with Crippen LogP contribution in [0.1, 0.15) is 6.42 Å². The zero-order chi connectivity index (χ0) is 17.7. The molecular formula is C15H20ClFN4O3. The summed E-state index contributed by atoms with van der Waals surface area (Å²) in [6, 6.07) is 3.65. The molecule has 2 amide bonds. The van der Waals surface area contributed by atoms with Gasteiger partial charge in [-0.05, 0) is 24.6 Å². The number of halogens is 2. The van der Waals surface area contributed by atoms with E-state index in [0.29, 0.717) is 18.7 Å². The molecule has 1 saturated heterocycles. The minimum absolute atomic E-state index is 0.0264. The average molecular weight is 359 g/mol. The number of benzene rings is 1. The van der Waals surface area contributed by atoms with Crippen molar-refractivity contribution in [3.05, 3.63) is 29.0 Å². The molecule has 1 heterocycles. The molecule has 2 atom stereocenters. The van der Waals surface area contributed by atoms with Crippen LogP contribution in [0.15, 0.2) is 18.2 Å². The number of carbonyl (C=O) groups excluding carboxylic acids is 2. The van der Waals surface area contributed by atoms with Crippen molar-refractivity contribution in [2.24, 2.45) is 17.4 Å². The fraction of sp³-hybridized carbons (Fsp3) is 0.467. The maximum absolute atomic E-state index is 13.4. The van der Waals surface area contributed by atoms with Crippen molar-refractivity contribution >= 4 is 29.3 Å². The van der Waals surface area contributed by atoms with Crippen LogP contribution < -0.4 is 16.8 Å². The number of carbonyl (C=O) groups is 2. The van der Waals surface area contributed by atoms with Crippen molar-refractivity contribution in [3.8, 4) is 0 Å². The van der Waals surface area contributed by atoms with E-state index >= 15 is 0 Å². The molecule has 1 aromatic carbocycles. The normalized spacial score (nSPS) is 20.6. The third-order valence-electron chi connectivity index (χ3n) is 3.64. The van der Waals surface area contributed by atoms with Gasteiger partial charge in [-0.15, -0.1) is 0 Å². The number of anilines is 1. The molecule has 7 nitrogen and oxygen atoms in total. The lowest BCUT2D eigenvalue weighted by Crippen LogP contribution is -2.52. The Morgan fingerprint density at radius 3 is 2.83 bits per heavy atom. The molecule has 1 aromatic rings. The third-order valence-corrected chi connectivity index (χ3v) is 3.95. The number of nitrogens with zero attached hydrogens (tertiary/aromatic N) is 1. The van der Waals surface area contributed by atoms with Crippen molar-refractivity contribution in [1.82, 2.24) is 4.90 Å². The van der Waals surface area contributed by atoms with E-state index in [1.807, 2.05) is 0 Å². The molecule has 1 aliphatic heterocycles. The molecular weight excluding hydrogens is 339 g/mol. The molecule has 24 heavy (non-hydrogen) atoms. The Labute approximate surface area is 144 Å².